The lowest BCUT2D eigenvalue weighted by Crippen LogP contribution is -2.17. The molecule has 0 spiro atoms. The summed E-state index contributed by atoms with van der Waals surface area (Å²) < 4.78 is 39.5. The normalized spacial score (nSPS) is 10.8. The van der Waals surface area contributed by atoms with Gasteiger partial charge in [-0.1, -0.05) is 23.7 Å². The van der Waals surface area contributed by atoms with E-state index in [1.807, 2.05) is 0 Å². The van der Waals surface area contributed by atoms with Crippen LogP contribution in [-0.4, -0.2) is 6.54 Å². The van der Waals surface area contributed by atoms with E-state index in [1.54, 1.807) is 12.1 Å². The van der Waals surface area contributed by atoms with E-state index >= 15 is 0 Å². The molecule has 20 heavy (non-hydrogen) atoms. The average Bonchev–Trinajstić information content (AvgIpc) is 2.38. The molecule has 0 aliphatic heterocycles. The summed E-state index contributed by atoms with van der Waals surface area (Å²) in [5, 5.41) is 3.09. The van der Waals surface area contributed by atoms with Crippen LogP contribution in [0, 0.1) is 17.5 Å². The van der Waals surface area contributed by atoms with Crippen molar-refractivity contribution < 1.29 is 13.2 Å². The minimum Gasteiger partial charge on any atom is -0.312 e. The molecule has 0 aliphatic carbocycles. The zero-order chi connectivity index (χ0) is 14.5. The molecule has 0 heterocycles. The van der Waals surface area contributed by atoms with Gasteiger partial charge in [0.1, 0.15) is 17.5 Å². The van der Waals surface area contributed by atoms with Crippen LogP contribution >= 0.6 is 11.6 Å². The standard InChI is InChI=1S/C15H13ClF3N/c16-14-3-1-2-11(15(14)19)9-20-5-4-10-6-12(17)8-13(18)7-10/h1-3,6-8,20H,4-5,9H2. The van der Waals surface area contributed by atoms with Crippen LogP contribution in [0.3, 0.4) is 0 Å². The predicted octanol–water partition coefficient (Wildman–Crippen LogP) is 4.09. The van der Waals surface area contributed by atoms with Crippen molar-refractivity contribution in [3.63, 3.8) is 0 Å². The van der Waals surface area contributed by atoms with Gasteiger partial charge in [0.2, 0.25) is 0 Å². The van der Waals surface area contributed by atoms with E-state index in [0.29, 0.717) is 30.6 Å². The Hall–Kier alpha value is -1.52. The molecular weight excluding hydrogens is 287 g/mol. The monoisotopic (exact) mass is 299 g/mol. The highest BCUT2D eigenvalue weighted by molar-refractivity contribution is 6.30. The summed E-state index contributed by atoms with van der Waals surface area (Å²) in [4.78, 5) is 0. The minimum absolute atomic E-state index is 0.0801. The van der Waals surface area contributed by atoms with Gasteiger partial charge in [-0.25, -0.2) is 13.2 Å². The number of hydrogen-bond donors (Lipinski definition) is 1. The number of benzene rings is 2. The highest BCUT2D eigenvalue weighted by atomic mass is 35.5. The molecule has 1 N–H and O–H groups in total. The molecule has 0 aromatic heterocycles. The quantitative estimate of drug-likeness (QED) is 0.820. The lowest BCUT2D eigenvalue weighted by Gasteiger charge is -2.07. The molecule has 2 aromatic carbocycles. The average molecular weight is 300 g/mol. The van der Waals surface area contributed by atoms with Crippen molar-refractivity contribution >= 4 is 11.6 Å². The summed E-state index contributed by atoms with van der Waals surface area (Å²) in [7, 11) is 0. The van der Waals surface area contributed by atoms with E-state index in [1.165, 1.54) is 18.2 Å². The van der Waals surface area contributed by atoms with Crippen LogP contribution < -0.4 is 5.32 Å². The number of rotatable bonds is 5. The zero-order valence-corrected chi connectivity index (χ0v) is 11.4. The van der Waals surface area contributed by atoms with E-state index in [9.17, 15) is 13.2 Å². The topological polar surface area (TPSA) is 12.0 Å². The van der Waals surface area contributed by atoms with Crippen molar-refractivity contribution in [1.29, 1.82) is 0 Å². The van der Waals surface area contributed by atoms with Crippen molar-refractivity contribution in [3.05, 3.63) is 70.0 Å². The third kappa shape index (κ3) is 3.99. The summed E-state index contributed by atoms with van der Waals surface area (Å²) >= 11 is 5.67. The summed E-state index contributed by atoms with van der Waals surface area (Å²) in [5.41, 5.74) is 1.02. The van der Waals surface area contributed by atoms with Gasteiger partial charge in [-0.2, -0.15) is 0 Å². The fourth-order valence-corrected chi connectivity index (χ4v) is 2.09. The largest absolute Gasteiger partial charge is 0.312 e. The first-order chi connectivity index (χ1) is 9.56. The SMILES string of the molecule is Fc1cc(F)cc(CCNCc2cccc(Cl)c2F)c1. The van der Waals surface area contributed by atoms with Crippen LogP contribution in [0.5, 0.6) is 0 Å². The molecule has 0 saturated heterocycles. The highest BCUT2D eigenvalue weighted by Gasteiger charge is 2.05. The van der Waals surface area contributed by atoms with E-state index in [4.69, 9.17) is 11.6 Å². The second-order valence-electron chi connectivity index (χ2n) is 4.42. The fraction of sp³-hybridized carbons (Fsp3) is 0.200. The van der Waals surface area contributed by atoms with Gasteiger partial charge in [0.05, 0.1) is 5.02 Å². The molecule has 0 fully saturated rings. The maximum Gasteiger partial charge on any atom is 0.146 e. The van der Waals surface area contributed by atoms with E-state index in [-0.39, 0.29) is 5.02 Å². The minimum atomic E-state index is -0.596. The molecule has 0 amide bonds. The molecule has 1 nitrogen and oxygen atoms in total. The molecule has 0 radical (unpaired) electrons. The second kappa shape index (κ2) is 6.77. The van der Waals surface area contributed by atoms with Crippen LogP contribution in [0.1, 0.15) is 11.1 Å². The third-order valence-corrected chi connectivity index (χ3v) is 3.15. The summed E-state index contributed by atoms with van der Waals surface area (Å²) in [6.07, 6.45) is 0.455. The van der Waals surface area contributed by atoms with Gasteiger partial charge in [0, 0.05) is 18.2 Å². The lowest BCUT2D eigenvalue weighted by molar-refractivity contribution is 0.574. The van der Waals surface area contributed by atoms with Gasteiger partial charge in [-0.05, 0) is 36.7 Å². The summed E-state index contributed by atoms with van der Waals surface area (Å²) in [6, 6.07) is 8.18. The molecular formula is C15H13ClF3N. The molecule has 0 bridgehead atoms. The molecule has 0 saturated carbocycles. The first-order valence-corrected chi connectivity index (χ1v) is 6.52. The Morgan fingerprint density at radius 1 is 1.00 bits per heavy atom. The highest BCUT2D eigenvalue weighted by Crippen LogP contribution is 2.17. The van der Waals surface area contributed by atoms with E-state index in [0.717, 1.165) is 6.07 Å². The predicted molar refractivity (Wildman–Crippen MR) is 73.2 cm³/mol. The Kier molecular flexibility index (Phi) is 5.04. The Bertz CT molecular complexity index is 581. The van der Waals surface area contributed by atoms with Crippen LogP contribution in [0.4, 0.5) is 13.2 Å². The molecule has 5 heteroatoms. The van der Waals surface area contributed by atoms with Crippen LogP contribution in [0.2, 0.25) is 5.02 Å². The van der Waals surface area contributed by atoms with Crippen LogP contribution in [-0.2, 0) is 13.0 Å². The Morgan fingerprint density at radius 2 is 1.70 bits per heavy atom. The van der Waals surface area contributed by atoms with Crippen molar-refractivity contribution in [2.45, 2.75) is 13.0 Å². The smallest absolute Gasteiger partial charge is 0.146 e. The second-order valence-corrected chi connectivity index (χ2v) is 4.82. The molecule has 0 unspecified atom stereocenters. The maximum atomic E-state index is 13.6. The van der Waals surface area contributed by atoms with E-state index < -0.39 is 17.5 Å². The first kappa shape index (κ1) is 14.9. The van der Waals surface area contributed by atoms with Gasteiger partial charge >= 0.3 is 0 Å². The van der Waals surface area contributed by atoms with Crippen molar-refractivity contribution in [3.8, 4) is 0 Å². The molecule has 0 aliphatic rings. The Balaban J connectivity index is 1.86. The third-order valence-electron chi connectivity index (χ3n) is 2.86. The maximum absolute atomic E-state index is 13.6. The van der Waals surface area contributed by atoms with Gasteiger partial charge in [-0.3, -0.25) is 0 Å². The van der Waals surface area contributed by atoms with Gasteiger partial charge in [0.25, 0.3) is 0 Å². The first-order valence-electron chi connectivity index (χ1n) is 6.15. The van der Waals surface area contributed by atoms with Gasteiger partial charge < -0.3 is 5.32 Å². The van der Waals surface area contributed by atoms with Gasteiger partial charge in [-0.15, -0.1) is 0 Å². The van der Waals surface area contributed by atoms with Gasteiger partial charge in [0.15, 0.2) is 0 Å². The zero-order valence-electron chi connectivity index (χ0n) is 10.6. The Labute approximate surface area is 120 Å². The summed E-state index contributed by atoms with van der Waals surface area (Å²) in [5.74, 6) is -1.64. The van der Waals surface area contributed by atoms with Crippen molar-refractivity contribution in [2.75, 3.05) is 6.54 Å². The van der Waals surface area contributed by atoms with Crippen molar-refractivity contribution in [1.82, 2.24) is 5.32 Å². The molecule has 2 rings (SSSR count). The van der Waals surface area contributed by atoms with E-state index in [2.05, 4.69) is 5.32 Å². The van der Waals surface area contributed by atoms with Crippen molar-refractivity contribution in [2.24, 2.45) is 0 Å². The lowest BCUT2D eigenvalue weighted by atomic mass is 10.1. The molecule has 106 valence electrons. The number of hydrogen-bond acceptors (Lipinski definition) is 1. The van der Waals surface area contributed by atoms with Crippen LogP contribution in [0.15, 0.2) is 36.4 Å². The summed E-state index contributed by atoms with van der Waals surface area (Å²) in [6.45, 7) is 0.791. The number of halogens is 4. The fourth-order valence-electron chi connectivity index (χ4n) is 1.90. The van der Waals surface area contributed by atoms with Crippen LogP contribution in [0.25, 0.3) is 0 Å². The Morgan fingerprint density at radius 3 is 2.40 bits per heavy atom. The molecule has 2 aromatic rings. The molecule has 0 atom stereocenters. The number of nitrogens with one attached hydrogen (secondary N) is 1.